The first kappa shape index (κ1) is 22.1. The zero-order valence-corrected chi connectivity index (χ0v) is 17.3. The van der Waals surface area contributed by atoms with Gasteiger partial charge in [0.1, 0.15) is 0 Å². The number of carbonyl (C=O) groups excluding carboxylic acids is 1. The van der Waals surface area contributed by atoms with Crippen LogP contribution in [0.5, 0.6) is 0 Å². The van der Waals surface area contributed by atoms with Gasteiger partial charge in [0.15, 0.2) is 0 Å². The number of amides is 1. The highest BCUT2D eigenvalue weighted by atomic mass is 35.5. The van der Waals surface area contributed by atoms with E-state index in [0.29, 0.717) is 24.7 Å². The Bertz CT molecular complexity index is 725. The number of hydrogen-bond acceptors (Lipinski definition) is 4. The lowest BCUT2D eigenvalue weighted by Gasteiger charge is -2.45. The van der Waals surface area contributed by atoms with Gasteiger partial charge < -0.3 is 11.1 Å². The van der Waals surface area contributed by atoms with Crippen LogP contribution in [-0.4, -0.2) is 33.5 Å². The van der Waals surface area contributed by atoms with Crippen LogP contribution in [0.15, 0.2) is 29.2 Å². The quantitative estimate of drug-likeness (QED) is 0.661. The van der Waals surface area contributed by atoms with Gasteiger partial charge in [0, 0.05) is 18.5 Å². The van der Waals surface area contributed by atoms with E-state index in [4.69, 9.17) is 5.73 Å². The molecule has 8 heteroatoms. The minimum absolute atomic E-state index is 0. The van der Waals surface area contributed by atoms with E-state index in [9.17, 15) is 13.2 Å². The van der Waals surface area contributed by atoms with Gasteiger partial charge in [0.25, 0.3) is 0 Å². The van der Waals surface area contributed by atoms with Gasteiger partial charge in [0.05, 0.1) is 4.90 Å². The lowest BCUT2D eigenvalue weighted by Crippen LogP contribution is -2.53. The number of carbonyl (C=O) groups is 1. The smallest absolute Gasteiger partial charge is 0.240 e. The van der Waals surface area contributed by atoms with E-state index >= 15 is 0 Å². The fraction of sp³-hybridized carbons (Fsp3) is 0.632. The number of rotatable bonds is 6. The van der Waals surface area contributed by atoms with E-state index in [0.717, 1.165) is 31.2 Å². The van der Waals surface area contributed by atoms with Crippen molar-refractivity contribution in [3.8, 4) is 0 Å². The predicted octanol–water partition coefficient (Wildman–Crippen LogP) is 1.97. The summed E-state index contributed by atoms with van der Waals surface area (Å²) in [4.78, 5) is 12.7. The number of nitrogens with one attached hydrogen (secondary N) is 2. The lowest BCUT2D eigenvalue weighted by atomic mass is 9.67. The van der Waals surface area contributed by atoms with Crippen LogP contribution in [0.2, 0.25) is 0 Å². The summed E-state index contributed by atoms with van der Waals surface area (Å²) in [6.07, 6.45) is 6.63. The zero-order valence-electron chi connectivity index (χ0n) is 15.7. The fourth-order valence-corrected chi connectivity index (χ4v) is 5.22. The van der Waals surface area contributed by atoms with Gasteiger partial charge in [-0.05, 0) is 68.7 Å². The van der Waals surface area contributed by atoms with E-state index < -0.39 is 10.0 Å². The number of sulfonamides is 1. The summed E-state index contributed by atoms with van der Waals surface area (Å²) < 4.78 is 25.8. The summed E-state index contributed by atoms with van der Waals surface area (Å²) in [7, 11) is -2.03. The van der Waals surface area contributed by atoms with Crippen LogP contribution in [0, 0.1) is 11.8 Å². The van der Waals surface area contributed by atoms with Crippen LogP contribution in [0.3, 0.4) is 0 Å². The van der Waals surface area contributed by atoms with E-state index in [-0.39, 0.29) is 35.3 Å². The molecule has 2 aliphatic carbocycles. The van der Waals surface area contributed by atoms with Crippen molar-refractivity contribution in [1.82, 2.24) is 10.0 Å². The molecule has 3 rings (SSSR count). The second kappa shape index (κ2) is 9.37. The number of benzene rings is 1. The first-order valence-corrected chi connectivity index (χ1v) is 10.9. The highest BCUT2D eigenvalue weighted by Gasteiger charge is 2.39. The first-order valence-electron chi connectivity index (χ1n) is 9.46. The third kappa shape index (κ3) is 5.44. The molecular weight excluding hydrogens is 386 g/mol. The molecule has 27 heavy (non-hydrogen) atoms. The van der Waals surface area contributed by atoms with Gasteiger partial charge in [-0.25, -0.2) is 13.1 Å². The first-order chi connectivity index (χ1) is 12.4. The van der Waals surface area contributed by atoms with E-state index in [1.165, 1.54) is 13.5 Å². The van der Waals surface area contributed by atoms with Crippen molar-refractivity contribution in [3.05, 3.63) is 29.8 Å². The van der Waals surface area contributed by atoms with Crippen molar-refractivity contribution in [1.29, 1.82) is 0 Å². The van der Waals surface area contributed by atoms with E-state index in [1.807, 2.05) is 0 Å². The topological polar surface area (TPSA) is 101 Å². The molecule has 4 N–H and O–H groups in total. The van der Waals surface area contributed by atoms with Crippen molar-refractivity contribution < 1.29 is 13.2 Å². The monoisotopic (exact) mass is 415 g/mol. The average Bonchev–Trinajstić information content (AvgIpc) is 2.61. The number of aryl methyl sites for hydroxylation is 1. The molecule has 2 atom stereocenters. The highest BCUT2D eigenvalue weighted by Crippen LogP contribution is 2.39. The Balaban J connectivity index is 0.00000261. The van der Waals surface area contributed by atoms with Crippen molar-refractivity contribution in [2.45, 2.75) is 61.9 Å². The molecule has 0 saturated heterocycles. The molecule has 0 heterocycles. The molecule has 152 valence electrons. The molecule has 0 radical (unpaired) electrons. The Morgan fingerprint density at radius 2 is 1.74 bits per heavy atom. The van der Waals surface area contributed by atoms with Crippen LogP contribution >= 0.6 is 12.4 Å². The number of halogens is 1. The van der Waals surface area contributed by atoms with Crippen LogP contribution in [-0.2, 0) is 21.2 Å². The predicted molar refractivity (Wildman–Crippen MR) is 108 cm³/mol. The van der Waals surface area contributed by atoms with Gasteiger partial charge >= 0.3 is 0 Å². The summed E-state index contributed by atoms with van der Waals surface area (Å²) in [5.41, 5.74) is 7.10. The largest absolute Gasteiger partial charge is 0.353 e. The number of fused-ring (bicyclic) bond motifs is 2. The summed E-state index contributed by atoms with van der Waals surface area (Å²) in [5.74, 6) is 1.12. The lowest BCUT2D eigenvalue weighted by molar-refractivity contribution is -0.123. The Morgan fingerprint density at radius 3 is 2.30 bits per heavy atom. The zero-order chi connectivity index (χ0) is 18.7. The molecule has 0 aliphatic heterocycles. The molecule has 1 aromatic carbocycles. The normalized spacial score (nSPS) is 27.5. The SMILES string of the molecule is CNS(=O)(=O)c1ccc(CCC(=O)NC2C3CCCC2CC(N)C3)cc1.Cl. The molecule has 6 nitrogen and oxygen atoms in total. The maximum absolute atomic E-state index is 12.4. The van der Waals surface area contributed by atoms with E-state index in [1.54, 1.807) is 24.3 Å². The van der Waals surface area contributed by atoms with Gasteiger partial charge in [-0.15, -0.1) is 12.4 Å². The van der Waals surface area contributed by atoms with Crippen molar-refractivity contribution in [2.24, 2.45) is 17.6 Å². The van der Waals surface area contributed by atoms with Gasteiger partial charge in [-0.3, -0.25) is 4.79 Å². The van der Waals surface area contributed by atoms with Gasteiger partial charge in [-0.2, -0.15) is 0 Å². The van der Waals surface area contributed by atoms with Gasteiger partial charge in [0.2, 0.25) is 15.9 Å². The van der Waals surface area contributed by atoms with Crippen molar-refractivity contribution in [3.63, 3.8) is 0 Å². The molecule has 2 bridgehead atoms. The fourth-order valence-electron chi connectivity index (χ4n) is 4.49. The third-order valence-electron chi connectivity index (χ3n) is 5.85. The molecule has 1 amide bonds. The molecule has 2 saturated carbocycles. The van der Waals surface area contributed by atoms with E-state index in [2.05, 4.69) is 10.0 Å². The second-order valence-electron chi connectivity index (χ2n) is 7.63. The van der Waals surface area contributed by atoms with Crippen LogP contribution in [0.1, 0.15) is 44.1 Å². The summed E-state index contributed by atoms with van der Waals surface area (Å²) in [6, 6.07) is 7.25. The Labute approximate surface area is 168 Å². The van der Waals surface area contributed by atoms with Gasteiger partial charge in [-0.1, -0.05) is 18.6 Å². The Hall–Kier alpha value is -1.15. The van der Waals surface area contributed by atoms with Crippen molar-refractivity contribution >= 4 is 28.3 Å². The molecule has 2 aliphatic rings. The Morgan fingerprint density at radius 1 is 1.15 bits per heavy atom. The molecule has 2 fully saturated rings. The standard InChI is InChI=1S/C19H29N3O3S.ClH/c1-21-26(24,25)17-8-5-13(6-9-17)7-10-18(23)22-19-14-3-2-4-15(19)12-16(20)11-14;/h5-6,8-9,14-16,19,21H,2-4,7,10-12,20H2,1H3,(H,22,23);1H. The molecule has 1 aromatic rings. The summed E-state index contributed by atoms with van der Waals surface area (Å²) >= 11 is 0. The minimum Gasteiger partial charge on any atom is -0.353 e. The summed E-state index contributed by atoms with van der Waals surface area (Å²) in [5, 5.41) is 3.26. The molecule has 0 spiro atoms. The molecular formula is C19H30ClN3O3S. The molecule has 0 aromatic heterocycles. The number of nitrogens with two attached hydrogens (primary N) is 1. The van der Waals surface area contributed by atoms with Crippen molar-refractivity contribution in [2.75, 3.05) is 7.05 Å². The minimum atomic E-state index is -3.42. The summed E-state index contributed by atoms with van der Waals surface area (Å²) in [6.45, 7) is 0. The maximum Gasteiger partial charge on any atom is 0.240 e. The molecule has 2 unspecified atom stereocenters. The van der Waals surface area contributed by atoms with Crippen LogP contribution in [0.25, 0.3) is 0 Å². The van der Waals surface area contributed by atoms with Crippen LogP contribution < -0.4 is 15.8 Å². The highest BCUT2D eigenvalue weighted by molar-refractivity contribution is 7.89. The van der Waals surface area contributed by atoms with Crippen LogP contribution in [0.4, 0.5) is 0 Å². The second-order valence-corrected chi connectivity index (χ2v) is 9.51. The third-order valence-corrected chi connectivity index (χ3v) is 7.28. The average molecular weight is 416 g/mol. The maximum atomic E-state index is 12.4. The number of hydrogen-bond donors (Lipinski definition) is 3. The Kier molecular flexibility index (Phi) is 7.68.